The first kappa shape index (κ1) is 31.7. The average molecular weight is 587 g/mol. The van der Waals surface area contributed by atoms with Gasteiger partial charge in [0.2, 0.25) is 0 Å². The summed E-state index contributed by atoms with van der Waals surface area (Å²) in [4.78, 5) is 17.7. The average Bonchev–Trinajstić information content (AvgIpc) is 2.94. The molecule has 0 amide bonds. The van der Waals surface area contributed by atoms with E-state index in [1.807, 2.05) is 57.2 Å². The van der Waals surface area contributed by atoms with E-state index in [-0.39, 0.29) is 18.6 Å². The van der Waals surface area contributed by atoms with Crippen LogP contribution in [0.2, 0.25) is 0 Å². The molecule has 1 unspecified atom stereocenters. The number of nitrogens with one attached hydrogen (secondary N) is 3. The van der Waals surface area contributed by atoms with E-state index in [1.54, 1.807) is 0 Å². The highest BCUT2D eigenvalue weighted by molar-refractivity contribution is 5.73. The molecular weight excluding hydrogens is 545 g/mol. The Morgan fingerprint density at radius 2 is 1.74 bits per heavy atom. The number of aliphatic hydroxyl groups excluding tert-OH is 1. The van der Waals surface area contributed by atoms with Crippen molar-refractivity contribution in [3.05, 3.63) is 86.3 Å². The summed E-state index contributed by atoms with van der Waals surface area (Å²) in [6.45, 7) is 9.26. The normalized spacial score (nSPS) is 15.1. The number of pyridine rings is 1. The van der Waals surface area contributed by atoms with Gasteiger partial charge in [0.05, 0.1) is 6.54 Å². The summed E-state index contributed by atoms with van der Waals surface area (Å²) < 4.78 is 43.2. The van der Waals surface area contributed by atoms with E-state index >= 15 is 0 Å². The Morgan fingerprint density at radius 1 is 1.05 bits per heavy atom. The fourth-order valence-corrected chi connectivity index (χ4v) is 5.67. The molecule has 228 valence electrons. The summed E-state index contributed by atoms with van der Waals surface area (Å²) in [5, 5.41) is 17.0. The van der Waals surface area contributed by atoms with Gasteiger partial charge in [0.25, 0.3) is 5.56 Å². The van der Waals surface area contributed by atoms with E-state index in [0.717, 1.165) is 58.6 Å². The number of nitrogens with zero attached hydrogens (tertiary/aromatic N) is 1. The number of hydrogen-bond acceptors (Lipinski definition) is 6. The van der Waals surface area contributed by atoms with Gasteiger partial charge in [0.1, 0.15) is 6.23 Å². The molecule has 0 aliphatic carbocycles. The second-order valence-corrected chi connectivity index (χ2v) is 11.0. The molecule has 4 N–H and O–H groups in total. The van der Waals surface area contributed by atoms with Crippen LogP contribution in [0.25, 0.3) is 11.1 Å². The molecule has 7 nitrogen and oxygen atoms in total. The molecule has 4 rings (SSSR count). The van der Waals surface area contributed by atoms with E-state index in [1.165, 1.54) is 0 Å². The maximum atomic E-state index is 12.6. The van der Waals surface area contributed by atoms with Crippen LogP contribution in [0.3, 0.4) is 0 Å². The molecule has 1 atom stereocenters. The molecule has 1 aromatic heterocycles. The van der Waals surface area contributed by atoms with Gasteiger partial charge in [-0.2, -0.15) is 13.2 Å². The Bertz CT molecular complexity index is 1400. The number of aryl methyl sites for hydroxylation is 2. The largest absolute Gasteiger partial charge is 0.401 e. The van der Waals surface area contributed by atoms with Crippen molar-refractivity contribution in [1.29, 1.82) is 0 Å². The second-order valence-electron chi connectivity index (χ2n) is 11.0. The van der Waals surface area contributed by atoms with Gasteiger partial charge in [-0.05, 0) is 86.6 Å². The predicted octanol–water partition coefficient (Wildman–Crippen LogP) is 5.41. The number of halogens is 3. The molecule has 0 spiro atoms. The number of rotatable bonds is 11. The third kappa shape index (κ3) is 8.01. The zero-order valence-electron chi connectivity index (χ0n) is 24.7. The summed E-state index contributed by atoms with van der Waals surface area (Å²) >= 11 is 0. The van der Waals surface area contributed by atoms with Gasteiger partial charge >= 0.3 is 6.18 Å². The van der Waals surface area contributed by atoms with Crippen molar-refractivity contribution < 1.29 is 23.0 Å². The predicted molar refractivity (Wildman–Crippen MR) is 160 cm³/mol. The van der Waals surface area contributed by atoms with Crippen LogP contribution in [0.1, 0.15) is 59.5 Å². The van der Waals surface area contributed by atoms with Crippen LogP contribution in [0.4, 0.5) is 18.9 Å². The molecular formula is C32H41F3N4O3. The van der Waals surface area contributed by atoms with Gasteiger partial charge < -0.3 is 25.0 Å². The number of hydrogen-bond donors (Lipinski definition) is 4. The smallest absolute Gasteiger partial charge is 0.381 e. The fourth-order valence-electron chi connectivity index (χ4n) is 5.67. The van der Waals surface area contributed by atoms with Crippen molar-refractivity contribution in [2.75, 3.05) is 31.2 Å². The number of benzene rings is 2. The zero-order valence-corrected chi connectivity index (χ0v) is 24.7. The van der Waals surface area contributed by atoms with Crippen LogP contribution in [-0.2, 0) is 17.8 Å². The maximum Gasteiger partial charge on any atom is 0.401 e. The second kappa shape index (κ2) is 13.9. The summed E-state index contributed by atoms with van der Waals surface area (Å²) in [5.41, 5.74) is 7.19. The quantitative estimate of drug-likeness (QED) is 0.225. The Balaban J connectivity index is 1.66. The minimum Gasteiger partial charge on any atom is -0.381 e. The van der Waals surface area contributed by atoms with Crippen molar-refractivity contribution in [1.82, 2.24) is 15.6 Å². The van der Waals surface area contributed by atoms with Crippen molar-refractivity contribution in [3.8, 4) is 11.1 Å². The number of anilines is 1. The number of ether oxygens (including phenoxy) is 1. The first-order valence-corrected chi connectivity index (χ1v) is 14.4. The van der Waals surface area contributed by atoms with Crippen LogP contribution < -0.4 is 21.1 Å². The van der Waals surface area contributed by atoms with E-state index in [2.05, 4.69) is 33.5 Å². The summed E-state index contributed by atoms with van der Waals surface area (Å²) in [7, 11) is 0. The molecule has 2 heterocycles. The van der Waals surface area contributed by atoms with Crippen molar-refractivity contribution in [2.24, 2.45) is 0 Å². The Kier molecular flexibility index (Phi) is 10.5. The summed E-state index contributed by atoms with van der Waals surface area (Å²) in [6.07, 6.45) is -3.49. The lowest BCUT2D eigenvalue weighted by Crippen LogP contribution is -2.40. The Morgan fingerprint density at radius 3 is 2.36 bits per heavy atom. The van der Waals surface area contributed by atoms with Crippen LogP contribution >= 0.6 is 0 Å². The van der Waals surface area contributed by atoms with E-state index in [4.69, 9.17) is 4.74 Å². The fraction of sp³-hybridized carbons (Fsp3) is 0.469. The van der Waals surface area contributed by atoms with Gasteiger partial charge in [-0.3, -0.25) is 10.1 Å². The minimum atomic E-state index is -4.26. The van der Waals surface area contributed by atoms with E-state index in [9.17, 15) is 23.1 Å². The summed E-state index contributed by atoms with van der Waals surface area (Å²) in [5.74, 6) is 0. The van der Waals surface area contributed by atoms with Gasteiger partial charge in [0, 0.05) is 61.4 Å². The first-order chi connectivity index (χ1) is 20.0. The molecule has 0 bridgehead atoms. The van der Waals surface area contributed by atoms with Gasteiger partial charge in [-0.25, -0.2) is 0 Å². The molecule has 3 aromatic rings. The van der Waals surface area contributed by atoms with Crippen molar-refractivity contribution in [3.63, 3.8) is 0 Å². The maximum absolute atomic E-state index is 12.6. The first-order valence-electron chi connectivity index (χ1n) is 14.4. The molecule has 1 saturated heterocycles. The number of aromatic nitrogens is 1. The van der Waals surface area contributed by atoms with Gasteiger partial charge in [0.15, 0.2) is 0 Å². The number of H-pyrrole nitrogens is 1. The van der Waals surface area contributed by atoms with E-state index < -0.39 is 18.9 Å². The highest BCUT2D eigenvalue weighted by atomic mass is 19.4. The third-order valence-corrected chi connectivity index (χ3v) is 7.90. The minimum absolute atomic E-state index is 0.109. The molecule has 2 aromatic carbocycles. The topological polar surface area (TPSA) is 89.6 Å². The third-order valence-electron chi connectivity index (χ3n) is 7.90. The molecule has 42 heavy (non-hydrogen) atoms. The monoisotopic (exact) mass is 586 g/mol. The Labute approximate surface area is 245 Å². The lowest BCUT2D eigenvalue weighted by atomic mass is 9.94. The van der Waals surface area contributed by atoms with Crippen LogP contribution in [0.15, 0.2) is 47.3 Å². The van der Waals surface area contributed by atoms with Crippen LogP contribution in [0, 0.1) is 20.8 Å². The SMILES string of the molecule is CCN(c1cc(-c2ccc(CNCC(F)(F)F)cc2)cc(C(O)NCc2c(C)cc(C)[nH]c2=O)c1C)C1CCOCC1. The van der Waals surface area contributed by atoms with Crippen LogP contribution in [-0.4, -0.2) is 48.6 Å². The molecule has 1 aliphatic heterocycles. The molecule has 1 aliphatic rings. The number of aromatic amines is 1. The van der Waals surface area contributed by atoms with Crippen LogP contribution in [0.5, 0.6) is 0 Å². The van der Waals surface area contributed by atoms with E-state index in [0.29, 0.717) is 30.4 Å². The highest BCUT2D eigenvalue weighted by Crippen LogP contribution is 2.36. The number of aliphatic hydroxyl groups is 1. The number of alkyl halides is 3. The lowest BCUT2D eigenvalue weighted by Gasteiger charge is -2.37. The standard InChI is InChI=1S/C32H41F3N4O3/c1-5-39(26-10-12-42-13-11-26)29-16-25(24-8-6-23(7-9-24)17-36-19-32(33,34)35)15-27(22(29)4)30(40)37-18-28-20(2)14-21(3)38-31(28)41/h6-9,14-16,26,30,36-37,40H,5,10-13,17-19H2,1-4H3,(H,38,41). The van der Waals surface area contributed by atoms with Crippen molar-refractivity contribution >= 4 is 5.69 Å². The highest BCUT2D eigenvalue weighted by Gasteiger charge is 2.27. The lowest BCUT2D eigenvalue weighted by molar-refractivity contribution is -0.125. The molecule has 1 fully saturated rings. The zero-order chi connectivity index (χ0) is 30.4. The molecule has 0 saturated carbocycles. The van der Waals surface area contributed by atoms with Gasteiger partial charge in [-0.15, -0.1) is 0 Å². The summed E-state index contributed by atoms with van der Waals surface area (Å²) in [6, 6.07) is 13.7. The van der Waals surface area contributed by atoms with Gasteiger partial charge in [-0.1, -0.05) is 24.3 Å². The van der Waals surface area contributed by atoms with Crippen molar-refractivity contribution in [2.45, 2.75) is 72.1 Å². The molecule has 0 radical (unpaired) electrons. The Hall–Kier alpha value is -3.18. The molecule has 10 heteroatoms.